The fourth-order valence-electron chi connectivity index (χ4n) is 13.6. The van der Waals surface area contributed by atoms with E-state index in [0.29, 0.717) is 0 Å². The van der Waals surface area contributed by atoms with E-state index < -0.39 is 0 Å². The number of hydrogen-bond acceptors (Lipinski definition) is 8. The lowest BCUT2D eigenvalue weighted by atomic mass is 9.98. The minimum Gasteiger partial charge on any atom is -0.464 e. The first kappa shape index (κ1) is 46.8. The Bertz CT molecular complexity index is 5630. The summed E-state index contributed by atoms with van der Waals surface area (Å²) in [6.07, 6.45) is 3.54. The normalized spacial score (nSPS) is 12.2. The van der Waals surface area contributed by atoms with Gasteiger partial charge in [0.05, 0.1) is 35.3 Å². The molecule has 19 aromatic rings. The smallest absolute Gasteiger partial charge is 0.159 e. The summed E-state index contributed by atoms with van der Waals surface area (Å²) in [5, 5.41) is 14.5. The summed E-state index contributed by atoms with van der Waals surface area (Å²) >= 11 is 0. The predicted octanol–water partition coefficient (Wildman–Crippen LogP) is 23.4. The highest BCUT2D eigenvalue weighted by Gasteiger charge is 2.28. The van der Waals surface area contributed by atoms with Crippen molar-refractivity contribution < 1.29 is 26.5 Å². The summed E-state index contributed by atoms with van der Waals surface area (Å²) in [6, 6.07) is 89.4. The highest BCUT2D eigenvalue weighted by atomic mass is 16.4. The molecule has 0 radical (unpaired) electrons. The number of nitrogens with zero attached hydrogens (tertiary/aromatic N) is 2. The van der Waals surface area contributed by atoms with E-state index in [4.69, 9.17) is 26.5 Å². The molecule has 0 N–H and O–H groups in total. The molecule has 0 amide bonds. The molecule has 13 aromatic carbocycles. The van der Waals surface area contributed by atoms with Gasteiger partial charge >= 0.3 is 0 Å². The van der Waals surface area contributed by atoms with Crippen molar-refractivity contribution in [3.8, 4) is 22.3 Å². The van der Waals surface area contributed by atoms with Gasteiger partial charge in [-0.2, -0.15) is 0 Å². The molecular formula is C78H44N2O6. The van der Waals surface area contributed by atoms with Gasteiger partial charge in [-0.3, -0.25) is 0 Å². The zero-order chi connectivity index (χ0) is 56.1. The van der Waals surface area contributed by atoms with Crippen LogP contribution in [-0.2, 0) is 0 Å². The molecule has 6 heterocycles. The van der Waals surface area contributed by atoms with Gasteiger partial charge < -0.3 is 36.3 Å². The summed E-state index contributed by atoms with van der Waals surface area (Å²) < 4.78 is 39.5. The first-order valence-electron chi connectivity index (χ1n) is 28.8. The number of anilines is 6. The average molecular weight is 1110 g/mol. The van der Waals surface area contributed by atoms with Gasteiger partial charge in [0.25, 0.3) is 0 Å². The van der Waals surface area contributed by atoms with Crippen LogP contribution in [0.2, 0.25) is 0 Å². The molecule has 0 fully saturated rings. The summed E-state index contributed by atoms with van der Waals surface area (Å²) in [5.74, 6) is 0. The van der Waals surface area contributed by atoms with Crippen molar-refractivity contribution in [2.45, 2.75) is 0 Å². The Kier molecular flexibility index (Phi) is 9.74. The number of rotatable bonds is 8. The van der Waals surface area contributed by atoms with E-state index in [0.717, 1.165) is 188 Å². The van der Waals surface area contributed by atoms with Gasteiger partial charge in [0.15, 0.2) is 11.2 Å². The van der Waals surface area contributed by atoms with Gasteiger partial charge in [-0.15, -0.1) is 0 Å². The standard InChI is InChI=1S/C78H44N2O6/c1-3-13-45(14-4-1)53-29-31-67-59(33-35-81-67)75(53)79(65-21-11-19-57-55-17-7-9-23-69(55)85-77(57)65)51-27-25-47-39-61-63-43-64-62-40-48-26-28-52(38-50(48)42-72(62)84-74(64)44-73(63)83-71(61)41-49(47)37-51)80(66-22-12-20-58-56-18-8-10-24-70(56)86-78(58)66)76-54(46-15-5-2-6-16-46)30-32-68-60(76)34-36-82-68/h1-44H. The lowest BCUT2D eigenvalue weighted by molar-refractivity contribution is 0.615. The third kappa shape index (κ3) is 6.92. The van der Waals surface area contributed by atoms with Crippen molar-refractivity contribution in [3.63, 3.8) is 0 Å². The molecule has 0 spiro atoms. The van der Waals surface area contributed by atoms with E-state index in [-0.39, 0.29) is 0 Å². The molecule has 8 heteroatoms. The number of hydrogen-bond donors (Lipinski definition) is 0. The Balaban J connectivity index is 0.757. The van der Waals surface area contributed by atoms with Crippen molar-refractivity contribution in [1.82, 2.24) is 0 Å². The Morgan fingerprint density at radius 3 is 1.15 bits per heavy atom. The first-order chi connectivity index (χ1) is 42.6. The number of furan rings is 6. The van der Waals surface area contributed by atoms with Crippen LogP contribution in [0.25, 0.3) is 153 Å². The fraction of sp³-hybridized carbons (Fsp3) is 0. The van der Waals surface area contributed by atoms with Gasteiger partial charge in [0, 0.05) is 82.4 Å². The van der Waals surface area contributed by atoms with E-state index in [2.05, 4.69) is 240 Å². The topological polar surface area (TPSA) is 85.3 Å². The third-order valence-electron chi connectivity index (χ3n) is 17.5. The van der Waals surface area contributed by atoms with Crippen molar-refractivity contribution >= 4 is 165 Å². The highest BCUT2D eigenvalue weighted by molar-refractivity contribution is 6.20. The quantitative estimate of drug-likeness (QED) is 0.149. The lowest BCUT2D eigenvalue weighted by Gasteiger charge is -2.29. The molecular weight excluding hydrogens is 1060 g/mol. The average Bonchev–Trinajstić information content (AvgIpc) is 1.90. The summed E-state index contributed by atoms with van der Waals surface area (Å²) in [7, 11) is 0. The maximum absolute atomic E-state index is 6.85. The maximum Gasteiger partial charge on any atom is 0.159 e. The molecule has 0 unspecified atom stereocenters. The predicted molar refractivity (Wildman–Crippen MR) is 350 cm³/mol. The summed E-state index contributed by atoms with van der Waals surface area (Å²) in [6.45, 7) is 0. The molecule has 0 aliphatic rings. The van der Waals surface area contributed by atoms with Crippen molar-refractivity contribution in [2.75, 3.05) is 9.80 Å². The molecule has 8 nitrogen and oxygen atoms in total. The van der Waals surface area contributed by atoms with Crippen molar-refractivity contribution in [3.05, 3.63) is 267 Å². The maximum atomic E-state index is 6.85. The van der Waals surface area contributed by atoms with Crippen molar-refractivity contribution in [2.24, 2.45) is 0 Å². The summed E-state index contributed by atoms with van der Waals surface area (Å²) in [4.78, 5) is 4.67. The lowest BCUT2D eigenvalue weighted by Crippen LogP contribution is -2.12. The van der Waals surface area contributed by atoms with Crippen LogP contribution in [0, 0.1) is 0 Å². The van der Waals surface area contributed by atoms with Gasteiger partial charge in [-0.1, -0.05) is 133 Å². The third-order valence-corrected chi connectivity index (χ3v) is 17.5. The SMILES string of the molecule is c1ccc(-c2ccc3occc3c2N(c2ccc3cc4c(cc3c2)oc2cc3oc5cc6cc(N(c7c(-c8ccccc8)ccc8occc78)c7cccc8c7oc7ccccc78)ccc6cc5c3cc24)c2cccc3c2oc2ccccc23)cc1. The second kappa shape index (κ2) is 17.9. The zero-order valence-corrected chi connectivity index (χ0v) is 45.7. The van der Waals surface area contributed by atoms with Gasteiger partial charge in [0.2, 0.25) is 0 Å². The Morgan fingerprint density at radius 2 is 0.663 bits per heavy atom. The molecule has 0 aliphatic carbocycles. The number of para-hydroxylation sites is 4. The molecule has 402 valence electrons. The largest absolute Gasteiger partial charge is 0.464 e. The van der Waals surface area contributed by atoms with E-state index in [9.17, 15) is 0 Å². The van der Waals surface area contributed by atoms with Crippen LogP contribution in [0.5, 0.6) is 0 Å². The molecule has 19 rings (SSSR count). The number of benzene rings is 13. The minimum absolute atomic E-state index is 0.754. The highest BCUT2D eigenvalue weighted by Crippen LogP contribution is 2.52. The molecule has 0 saturated heterocycles. The monoisotopic (exact) mass is 1100 g/mol. The van der Waals surface area contributed by atoms with Crippen LogP contribution in [0.4, 0.5) is 34.1 Å². The van der Waals surface area contributed by atoms with E-state index in [1.165, 1.54) is 0 Å². The fourth-order valence-corrected chi connectivity index (χ4v) is 13.6. The molecule has 0 bridgehead atoms. The molecule has 0 atom stereocenters. The molecule has 0 aliphatic heterocycles. The van der Waals surface area contributed by atoms with Crippen LogP contribution in [-0.4, -0.2) is 0 Å². The minimum atomic E-state index is 0.754. The zero-order valence-electron chi connectivity index (χ0n) is 45.7. The first-order valence-corrected chi connectivity index (χ1v) is 28.8. The Hall–Kier alpha value is -11.7. The van der Waals surface area contributed by atoms with E-state index >= 15 is 0 Å². The second-order valence-corrected chi connectivity index (χ2v) is 22.3. The van der Waals surface area contributed by atoms with Gasteiger partial charge in [-0.05, 0) is 148 Å². The van der Waals surface area contributed by atoms with E-state index in [1.807, 2.05) is 24.3 Å². The van der Waals surface area contributed by atoms with Crippen LogP contribution < -0.4 is 9.80 Å². The number of fused-ring (bicyclic) bond motifs is 16. The summed E-state index contributed by atoms with van der Waals surface area (Å²) in [5.41, 5.74) is 18.0. The van der Waals surface area contributed by atoms with Crippen LogP contribution in [0.3, 0.4) is 0 Å². The van der Waals surface area contributed by atoms with Crippen LogP contribution in [0.1, 0.15) is 0 Å². The van der Waals surface area contributed by atoms with E-state index in [1.54, 1.807) is 12.5 Å². The molecule has 0 saturated carbocycles. The molecule has 6 aromatic heterocycles. The van der Waals surface area contributed by atoms with Crippen LogP contribution in [0.15, 0.2) is 294 Å². The van der Waals surface area contributed by atoms with Gasteiger partial charge in [-0.25, -0.2) is 0 Å². The molecule has 86 heavy (non-hydrogen) atoms. The Labute approximate surface area is 488 Å². The van der Waals surface area contributed by atoms with Crippen LogP contribution >= 0.6 is 0 Å². The van der Waals surface area contributed by atoms with Gasteiger partial charge in [0.1, 0.15) is 44.7 Å². The van der Waals surface area contributed by atoms with Crippen molar-refractivity contribution in [1.29, 1.82) is 0 Å². The Morgan fingerprint density at radius 1 is 0.233 bits per heavy atom. The second-order valence-electron chi connectivity index (χ2n) is 22.3.